The number of rotatable bonds is 3. The molecule has 1 aromatic heterocycles. The van der Waals surface area contributed by atoms with Crippen LogP contribution in [0.5, 0.6) is 0 Å². The fourth-order valence-corrected chi connectivity index (χ4v) is 2.94. The molecule has 4 heteroatoms. The van der Waals surface area contributed by atoms with Crippen LogP contribution in [0.3, 0.4) is 0 Å². The van der Waals surface area contributed by atoms with Gasteiger partial charge in [0.1, 0.15) is 11.0 Å². The third kappa shape index (κ3) is 3.10. The number of nitrogens with one attached hydrogen (secondary N) is 1. The first-order chi connectivity index (χ1) is 9.70. The quantitative estimate of drug-likeness (QED) is 0.851. The summed E-state index contributed by atoms with van der Waals surface area (Å²) in [6.45, 7) is 2.30. The Labute approximate surface area is 124 Å². The van der Waals surface area contributed by atoms with E-state index in [1.807, 2.05) is 30.3 Å². The zero-order valence-electron chi connectivity index (χ0n) is 11.5. The number of anilines is 1. The van der Waals surface area contributed by atoms with Crippen molar-refractivity contribution in [2.45, 2.75) is 32.2 Å². The number of hydrogen-bond donors (Lipinski definition) is 1. The average Bonchev–Trinajstić information content (AvgIpc) is 2.84. The van der Waals surface area contributed by atoms with E-state index in [-0.39, 0.29) is 0 Å². The van der Waals surface area contributed by atoms with Crippen molar-refractivity contribution in [1.29, 1.82) is 0 Å². The van der Waals surface area contributed by atoms with Crippen LogP contribution < -0.4 is 5.32 Å². The maximum Gasteiger partial charge on any atom is 0.163 e. The summed E-state index contributed by atoms with van der Waals surface area (Å²) in [6.07, 6.45) is 3.67. The normalized spacial score (nSPS) is 21.9. The minimum Gasteiger partial charge on any atom is -0.367 e. The van der Waals surface area contributed by atoms with Crippen LogP contribution in [0.4, 0.5) is 5.82 Å². The molecule has 3 nitrogen and oxygen atoms in total. The summed E-state index contributed by atoms with van der Waals surface area (Å²) < 4.78 is 0. The lowest BCUT2D eigenvalue weighted by Crippen LogP contribution is -2.16. The van der Waals surface area contributed by atoms with Crippen LogP contribution in [-0.4, -0.2) is 16.0 Å². The Morgan fingerprint density at radius 1 is 1.15 bits per heavy atom. The minimum absolute atomic E-state index is 0.479. The van der Waals surface area contributed by atoms with Gasteiger partial charge in [-0.15, -0.1) is 0 Å². The van der Waals surface area contributed by atoms with Crippen LogP contribution in [-0.2, 0) is 0 Å². The van der Waals surface area contributed by atoms with Gasteiger partial charge < -0.3 is 5.32 Å². The monoisotopic (exact) mass is 287 g/mol. The molecule has 1 saturated carbocycles. The van der Waals surface area contributed by atoms with Crippen LogP contribution in [0.25, 0.3) is 11.4 Å². The predicted octanol–water partition coefficient (Wildman–Crippen LogP) is 4.40. The Morgan fingerprint density at radius 2 is 1.95 bits per heavy atom. The Hall–Kier alpha value is -1.61. The van der Waals surface area contributed by atoms with Crippen molar-refractivity contribution >= 4 is 17.4 Å². The largest absolute Gasteiger partial charge is 0.367 e. The lowest BCUT2D eigenvalue weighted by Gasteiger charge is -2.14. The van der Waals surface area contributed by atoms with Crippen molar-refractivity contribution in [3.8, 4) is 11.4 Å². The lowest BCUT2D eigenvalue weighted by molar-refractivity contribution is 0.602. The number of halogens is 1. The predicted molar refractivity (Wildman–Crippen MR) is 82.9 cm³/mol. The van der Waals surface area contributed by atoms with E-state index in [2.05, 4.69) is 22.2 Å². The fraction of sp³-hybridized carbons (Fsp3) is 0.375. The summed E-state index contributed by atoms with van der Waals surface area (Å²) in [4.78, 5) is 8.89. The topological polar surface area (TPSA) is 37.8 Å². The molecule has 0 saturated heterocycles. The standard InChI is InChI=1S/C16H18ClN3/c1-11-7-8-13(9-11)18-15-10-14(17)19-16(20-15)12-5-3-2-4-6-12/h2-6,10-11,13H,7-9H2,1H3,(H,18,19,20). The van der Waals surface area contributed by atoms with Gasteiger partial charge in [-0.2, -0.15) is 0 Å². The molecule has 0 bridgehead atoms. The van der Waals surface area contributed by atoms with E-state index in [0.29, 0.717) is 17.0 Å². The molecule has 1 N–H and O–H groups in total. The SMILES string of the molecule is CC1CCC(Nc2cc(Cl)nc(-c3ccccc3)n2)C1. The van der Waals surface area contributed by atoms with Crippen molar-refractivity contribution in [2.24, 2.45) is 5.92 Å². The van der Waals surface area contributed by atoms with E-state index in [1.165, 1.54) is 19.3 Å². The van der Waals surface area contributed by atoms with E-state index in [0.717, 1.165) is 17.3 Å². The van der Waals surface area contributed by atoms with Crippen LogP contribution >= 0.6 is 11.6 Å². The second-order valence-corrected chi connectivity index (χ2v) is 5.91. The molecule has 0 amide bonds. The third-order valence-electron chi connectivity index (χ3n) is 3.77. The molecule has 2 aromatic rings. The average molecular weight is 288 g/mol. The Bertz CT molecular complexity index is 586. The smallest absolute Gasteiger partial charge is 0.163 e. The molecular weight excluding hydrogens is 270 g/mol. The van der Waals surface area contributed by atoms with Gasteiger partial charge in [0.15, 0.2) is 5.82 Å². The van der Waals surface area contributed by atoms with Crippen LogP contribution in [0, 0.1) is 5.92 Å². The first-order valence-electron chi connectivity index (χ1n) is 7.07. The zero-order valence-corrected chi connectivity index (χ0v) is 12.3. The first-order valence-corrected chi connectivity index (χ1v) is 7.45. The van der Waals surface area contributed by atoms with Crippen molar-refractivity contribution in [2.75, 3.05) is 5.32 Å². The van der Waals surface area contributed by atoms with E-state index < -0.39 is 0 Å². The Kier molecular flexibility index (Phi) is 3.88. The fourth-order valence-electron chi connectivity index (χ4n) is 2.76. The Morgan fingerprint density at radius 3 is 2.65 bits per heavy atom. The molecule has 1 aliphatic rings. The van der Waals surface area contributed by atoms with Crippen LogP contribution in [0.2, 0.25) is 5.15 Å². The molecule has 1 heterocycles. The van der Waals surface area contributed by atoms with Gasteiger partial charge in [0, 0.05) is 17.7 Å². The number of aromatic nitrogens is 2. The molecule has 20 heavy (non-hydrogen) atoms. The summed E-state index contributed by atoms with van der Waals surface area (Å²) in [5.41, 5.74) is 0.984. The third-order valence-corrected chi connectivity index (χ3v) is 3.97. The highest BCUT2D eigenvalue weighted by Gasteiger charge is 2.21. The molecule has 1 aliphatic carbocycles. The van der Waals surface area contributed by atoms with E-state index >= 15 is 0 Å². The molecular formula is C16H18ClN3. The van der Waals surface area contributed by atoms with Crippen molar-refractivity contribution in [1.82, 2.24) is 9.97 Å². The van der Waals surface area contributed by atoms with Crippen molar-refractivity contribution in [3.63, 3.8) is 0 Å². The lowest BCUT2D eigenvalue weighted by atomic mass is 10.1. The molecule has 0 aliphatic heterocycles. The molecule has 0 radical (unpaired) electrons. The molecule has 104 valence electrons. The van der Waals surface area contributed by atoms with Gasteiger partial charge in [0.25, 0.3) is 0 Å². The number of nitrogens with zero attached hydrogens (tertiary/aromatic N) is 2. The second kappa shape index (κ2) is 5.80. The summed E-state index contributed by atoms with van der Waals surface area (Å²) in [5.74, 6) is 2.29. The number of hydrogen-bond acceptors (Lipinski definition) is 3. The van der Waals surface area contributed by atoms with E-state index in [9.17, 15) is 0 Å². The highest BCUT2D eigenvalue weighted by Crippen LogP contribution is 2.28. The molecule has 1 fully saturated rings. The first kappa shape index (κ1) is 13.4. The molecule has 2 unspecified atom stereocenters. The summed E-state index contributed by atoms with van der Waals surface area (Å²) in [5, 5.41) is 3.97. The van der Waals surface area contributed by atoms with Crippen LogP contribution in [0.1, 0.15) is 26.2 Å². The Balaban J connectivity index is 1.83. The van der Waals surface area contributed by atoms with Gasteiger partial charge in [0.05, 0.1) is 0 Å². The van der Waals surface area contributed by atoms with Crippen molar-refractivity contribution < 1.29 is 0 Å². The van der Waals surface area contributed by atoms with Gasteiger partial charge in [-0.3, -0.25) is 0 Å². The van der Waals surface area contributed by atoms with Gasteiger partial charge in [-0.1, -0.05) is 48.9 Å². The maximum absolute atomic E-state index is 6.12. The van der Waals surface area contributed by atoms with Gasteiger partial charge in [0.2, 0.25) is 0 Å². The minimum atomic E-state index is 0.479. The van der Waals surface area contributed by atoms with E-state index in [4.69, 9.17) is 11.6 Å². The van der Waals surface area contributed by atoms with Crippen molar-refractivity contribution in [3.05, 3.63) is 41.6 Å². The molecule has 3 rings (SSSR count). The summed E-state index contributed by atoms with van der Waals surface area (Å²) >= 11 is 6.12. The number of benzene rings is 1. The summed E-state index contributed by atoms with van der Waals surface area (Å²) in [6, 6.07) is 12.2. The second-order valence-electron chi connectivity index (χ2n) is 5.53. The highest BCUT2D eigenvalue weighted by atomic mass is 35.5. The maximum atomic E-state index is 6.12. The molecule has 1 aromatic carbocycles. The summed E-state index contributed by atoms with van der Waals surface area (Å²) in [7, 11) is 0. The molecule has 0 spiro atoms. The van der Waals surface area contributed by atoms with Gasteiger partial charge in [-0.05, 0) is 25.2 Å². The van der Waals surface area contributed by atoms with Crippen LogP contribution in [0.15, 0.2) is 36.4 Å². The van der Waals surface area contributed by atoms with Gasteiger partial charge >= 0.3 is 0 Å². The highest BCUT2D eigenvalue weighted by molar-refractivity contribution is 6.29. The van der Waals surface area contributed by atoms with E-state index in [1.54, 1.807) is 6.07 Å². The molecule has 2 atom stereocenters. The van der Waals surface area contributed by atoms with Gasteiger partial charge in [-0.25, -0.2) is 9.97 Å². The zero-order chi connectivity index (χ0) is 13.9.